The van der Waals surface area contributed by atoms with Crippen molar-refractivity contribution in [2.45, 2.75) is 18.9 Å². The van der Waals surface area contributed by atoms with E-state index in [9.17, 15) is 23.2 Å². The highest BCUT2D eigenvalue weighted by atomic mass is 19.1. The lowest BCUT2D eigenvalue weighted by Gasteiger charge is -2.28. The predicted octanol–water partition coefficient (Wildman–Crippen LogP) is 2.97. The maximum absolute atomic E-state index is 14.6. The van der Waals surface area contributed by atoms with Gasteiger partial charge in [-0.05, 0) is 37.1 Å². The first kappa shape index (κ1) is 22.1. The van der Waals surface area contributed by atoms with E-state index >= 15 is 0 Å². The Balaban J connectivity index is 1.81. The first-order valence-corrected chi connectivity index (χ1v) is 10.6. The Bertz CT molecular complexity index is 1580. The Labute approximate surface area is 196 Å². The van der Waals surface area contributed by atoms with Crippen LogP contribution in [-0.2, 0) is 0 Å². The van der Waals surface area contributed by atoms with E-state index in [2.05, 4.69) is 15.0 Å². The number of nitriles is 1. The van der Waals surface area contributed by atoms with Gasteiger partial charge in [0.05, 0.1) is 17.2 Å². The highest BCUT2D eigenvalue weighted by Crippen LogP contribution is 2.38. The Hall–Kier alpha value is -4.66. The first-order chi connectivity index (χ1) is 16.8. The van der Waals surface area contributed by atoms with Crippen LogP contribution in [0.1, 0.15) is 30.3 Å². The molecule has 0 saturated carbocycles. The van der Waals surface area contributed by atoms with E-state index < -0.39 is 29.1 Å². The molecule has 0 aliphatic carbocycles. The van der Waals surface area contributed by atoms with Gasteiger partial charge in [-0.2, -0.15) is 15.2 Å². The van der Waals surface area contributed by atoms with Crippen LogP contribution >= 0.6 is 0 Å². The van der Waals surface area contributed by atoms with Crippen molar-refractivity contribution >= 4 is 28.5 Å². The number of benzene rings is 2. The monoisotopic (exact) mass is 478 g/mol. The van der Waals surface area contributed by atoms with Gasteiger partial charge in [0.15, 0.2) is 5.82 Å². The van der Waals surface area contributed by atoms with Crippen LogP contribution in [0.4, 0.5) is 30.8 Å². The van der Waals surface area contributed by atoms with Crippen LogP contribution in [-0.4, -0.2) is 26.1 Å². The highest BCUT2D eigenvalue weighted by Gasteiger charge is 2.34. The van der Waals surface area contributed by atoms with Gasteiger partial charge in [-0.15, -0.1) is 0 Å². The number of hydrogen-bond donors (Lipinski definition) is 2. The molecule has 0 amide bonds. The second kappa shape index (κ2) is 8.28. The summed E-state index contributed by atoms with van der Waals surface area (Å²) in [6.07, 6.45) is 1.05. The molecule has 12 heteroatoms. The fourth-order valence-corrected chi connectivity index (χ4v) is 4.44. The molecule has 0 radical (unpaired) electrons. The fraction of sp³-hybridized carbons (Fsp3) is 0.174. The first-order valence-electron chi connectivity index (χ1n) is 10.6. The molecule has 4 aromatic rings. The summed E-state index contributed by atoms with van der Waals surface area (Å²) in [6.45, 7) is 0.393. The summed E-state index contributed by atoms with van der Waals surface area (Å²) in [5.74, 6) is -2.68. The second-order valence-corrected chi connectivity index (χ2v) is 8.00. The minimum absolute atomic E-state index is 0.0105. The van der Waals surface area contributed by atoms with Gasteiger partial charge in [0.1, 0.15) is 46.1 Å². The van der Waals surface area contributed by atoms with Gasteiger partial charge in [-0.25, -0.2) is 18.2 Å². The van der Waals surface area contributed by atoms with Crippen molar-refractivity contribution in [3.63, 3.8) is 0 Å². The maximum Gasteiger partial charge on any atom is 0.269 e. The molecule has 1 aliphatic rings. The number of hydrogen-bond acceptors (Lipinski definition) is 8. The van der Waals surface area contributed by atoms with Crippen molar-refractivity contribution in [3.05, 3.63) is 75.6 Å². The SMILES string of the molecule is N#Cc1c(N)nc(N)nc1N1CCCC1c1nc2cccc(F)c2c(=O)n1-c1cc(F)cc(F)c1. The smallest absolute Gasteiger partial charge is 0.269 e. The van der Waals surface area contributed by atoms with E-state index in [1.165, 1.54) is 12.1 Å². The van der Waals surface area contributed by atoms with Crippen molar-refractivity contribution < 1.29 is 13.2 Å². The van der Waals surface area contributed by atoms with Gasteiger partial charge < -0.3 is 16.4 Å². The number of fused-ring (bicyclic) bond motifs is 1. The molecule has 1 saturated heterocycles. The average molecular weight is 478 g/mol. The normalized spacial score (nSPS) is 15.5. The predicted molar refractivity (Wildman–Crippen MR) is 122 cm³/mol. The van der Waals surface area contributed by atoms with Crippen molar-refractivity contribution in [2.75, 3.05) is 22.9 Å². The van der Waals surface area contributed by atoms with E-state index in [0.29, 0.717) is 25.5 Å². The molecule has 5 rings (SSSR count). The summed E-state index contributed by atoms with van der Waals surface area (Å²) in [5.41, 5.74) is 10.7. The van der Waals surface area contributed by atoms with Crippen LogP contribution in [0.3, 0.4) is 0 Å². The zero-order chi connectivity index (χ0) is 24.9. The summed E-state index contributed by atoms with van der Waals surface area (Å²) >= 11 is 0. The van der Waals surface area contributed by atoms with Gasteiger partial charge in [0, 0.05) is 12.6 Å². The van der Waals surface area contributed by atoms with Gasteiger partial charge in [0.2, 0.25) is 5.95 Å². The highest BCUT2D eigenvalue weighted by molar-refractivity contribution is 5.79. The van der Waals surface area contributed by atoms with Gasteiger partial charge in [0.25, 0.3) is 5.56 Å². The summed E-state index contributed by atoms with van der Waals surface area (Å²) in [4.78, 5) is 27.8. The Morgan fingerprint density at radius 3 is 2.51 bits per heavy atom. The zero-order valence-electron chi connectivity index (χ0n) is 18.0. The molecule has 4 N–H and O–H groups in total. The molecule has 1 atom stereocenters. The molecule has 1 aliphatic heterocycles. The molecule has 2 aromatic carbocycles. The van der Waals surface area contributed by atoms with E-state index in [0.717, 1.165) is 22.8 Å². The number of nitrogens with two attached hydrogens (primary N) is 2. The van der Waals surface area contributed by atoms with Crippen LogP contribution in [0.25, 0.3) is 16.6 Å². The van der Waals surface area contributed by atoms with Crippen LogP contribution in [0.5, 0.6) is 0 Å². The minimum Gasteiger partial charge on any atom is -0.382 e. The fourth-order valence-electron chi connectivity index (χ4n) is 4.44. The molecule has 0 spiro atoms. The van der Waals surface area contributed by atoms with Crippen molar-refractivity contribution in [1.82, 2.24) is 19.5 Å². The number of anilines is 3. The molecule has 3 heterocycles. The third-order valence-corrected chi connectivity index (χ3v) is 5.85. The number of nitrogen functional groups attached to an aromatic ring is 2. The lowest BCUT2D eigenvalue weighted by atomic mass is 10.1. The molecule has 9 nitrogen and oxygen atoms in total. The zero-order valence-corrected chi connectivity index (χ0v) is 18.0. The van der Waals surface area contributed by atoms with Crippen LogP contribution in [0.2, 0.25) is 0 Å². The third kappa shape index (κ3) is 3.67. The molecule has 35 heavy (non-hydrogen) atoms. The lowest BCUT2D eigenvalue weighted by Crippen LogP contribution is -2.33. The van der Waals surface area contributed by atoms with Gasteiger partial charge in [-0.3, -0.25) is 9.36 Å². The van der Waals surface area contributed by atoms with Gasteiger partial charge in [-0.1, -0.05) is 6.07 Å². The molecular weight excluding hydrogens is 461 g/mol. The topological polar surface area (TPSA) is 140 Å². The molecule has 2 aromatic heterocycles. The second-order valence-electron chi connectivity index (χ2n) is 8.00. The minimum atomic E-state index is -0.919. The van der Waals surface area contributed by atoms with E-state index in [1.807, 2.05) is 6.07 Å². The summed E-state index contributed by atoms with van der Waals surface area (Å²) in [7, 11) is 0. The summed E-state index contributed by atoms with van der Waals surface area (Å²) < 4.78 is 43.9. The Morgan fingerprint density at radius 1 is 1.06 bits per heavy atom. The Kier molecular flexibility index (Phi) is 5.24. The molecule has 0 bridgehead atoms. The number of rotatable bonds is 3. The summed E-state index contributed by atoms with van der Waals surface area (Å²) in [6, 6.07) is 7.86. The van der Waals surface area contributed by atoms with E-state index in [-0.39, 0.29) is 45.6 Å². The average Bonchev–Trinajstić information content (AvgIpc) is 3.27. The lowest BCUT2D eigenvalue weighted by molar-refractivity contribution is 0.576. The van der Waals surface area contributed by atoms with Gasteiger partial charge >= 0.3 is 0 Å². The maximum atomic E-state index is 14.6. The van der Waals surface area contributed by atoms with Crippen molar-refractivity contribution in [1.29, 1.82) is 5.26 Å². The number of nitrogens with zero attached hydrogens (tertiary/aromatic N) is 6. The molecular formula is C23H17F3N8O. The third-order valence-electron chi connectivity index (χ3n) is 5.85. The van der Waals surface area contributed by atoms with E-state index in [4.69, 9.17) is 11.5 Å². The van der Waals surface area contributed by atoms with Crippen LogP contribution in [0, 0.1) is 28.8 Å². The largest absolute Gasteiger partial charge is 0.382 e. The molecule has 1 unspecified atom stereocenters. The quantitative estimate of drug-likeness (QED) is 0.458. The van der Waals surface area contributed by atoms with E-state index in [1.54, 1.807) is 4.90 Å². The number of aromatic nitrogens is 4. The standard InChI is InChI=1S/C23H17F3N8O/c24-11-7-12(25)9-13(8-11)34-21(30-16-4-1-3-15(26)18(16)22(34)35)17-5-2-6-33(17)20-14(10-27)19(28)31-23(29)32-20/h1,3-4,7-9,17H,2,5-6H2,(H4,28,29,31,32). The Morgan fingerprint density at radius 2 is 1.80 bits per heavy atom. The number of halogens is 3. The summed E-state index contributed by atoms with van der Waals surface area (Å²) in [5, 5.41) is 9.32. The van der Waals surface area contributed by atoms with Crippen molar-refractivity contribution in [2.24, 2.45) is 0 Å². The molecule has 176 valence electrons. The van der Waals surface area contributed by atoms with Crippen LogP contribution in [0.15, 0.2) is 41.2 Å². The molecule has 1 fully saturated rings. The van der Waals surface area contributed by atoms with Crippen LogP contribution < -0.4 is 21.9 Å². The van der Waals surface area contributed by atoms with Crippen molar-refractivity contribution in [3.8, 4) is 11.8 Å².